The topological polar surface area (TPSA) is 54.2 Å². The van der Waals surface area contributed by atoms with Gasteiger partial charge in [0.2, 0.25) is 0 Å². The minimum absolute atomic E-state index is 0.809. The van der Waals surface area contributed by atoms with Crippen LogP contribution in [0.3, 0.4) is 0 Å². The zero-order chi connectivity index (χ0) is 17.9. The fraction of sp³-hybridized carbons (Fsp3) is 0.474. The molecule has 5 nitrogen and oxygen atoms in total. The molecule has 0 spiro atoms. The second-order valence-electron chi connectivity index (χ2n) is 5.90. The molecule has 0 bridgehead atoms. The average Bonchev–Trinajstić information content (AvgIpc) is 3.01. The van der Waals surface area contributed by atoms with Crippen molar-refractivity contribution in [2.75, 3.05) is 19.6 Å². The van der Waals surface area contributed by atoms with E-state index in [0.717, 1.165) is 67.8 Å². The lowest BCUT2D eigenvalue weighted by atomic mass is 10.1. The lowest BCUT2D eigenvalue weighted by molar-refractivity contribution is 0.600. The first-order valence-corrected chi connectivity index (χ1v) is 9.32. The summed E-state index contributed by atoms with van der Waals surface area (Å²) in [5, 5.41) is 7.48. The third kappa shape index (κ3) is 6.78. The van der Waals surface area contributed by atoms with Gasteiger partial charge >= 0.3 is 0 Å². The number of halogens is 1. The predicted octanol–water partition coefficient (Wildman–Crippen LogP) is 3.42. The van der Waals surface area contributed by atoms with Gasteiger partial charge in [-0.15, -0.1) is 0 Å². The van der Waals surface area contributed by atoms with Crippen molar-refractivity contribution in [3.05, 3.63) is 53.1 Å². The molecule has 2 rings (SSSR count). The van der Waals surface area contributed by atoms with Crippen molar-refractivity contribution >= 4 is 17.6 Å². The molecule has 136 valence electrons. The number of aliphatic imine (C=N–C) groups is 1. The van der Waals surface area contributed by atoms with E-state index in [1.54, 1.807) is 0 Å². The maximum atomic E-state index is 6.19. The number of benzene rings is 1. The van der Waals surface area contributed by atoms with E-state index < -0.39 is 0 Å². The van der Waals surface area contributed by atoms with Crippen LogP contribution in [0.5, 0.6) is 0 Å². The van der Waals surface area contributed by atoms with Crippen LogP contribution in [0, 0.1) is 6.92 Å². The van der Waals surface area contributed by atoms with Gasteiger partial charge in [-0.1, -0.05) is 29.8 Å². The van der Waals surface area contributed by atoms with Crippen molar-refractivity contribution in [2.24, 2.45) is 4.99 Å². The Kier molecular flexibility index (Phi) is 8.32. The summed E-state index contributed by atoms with van der Waals surface area (Å²) < 4.78 is 2.18. The van der Waals surface area contributed by atoms with Gasteiger partial charge in [0, 0.05) is 43.6 Å². The molecule has 1 heterocycles. The Morgan fingerprint density at radius 1 is 1.24 bits per heavy atom. The third-order valence-corrected chi connectivity index (χ3v) is 4.36. The number of unbranched alkanes of at least 4 members (excludes halogenated alkanes) is 1. The molecular weight excluding hydrogens is 334 g/mol. The van der Waals surface area contributed by atoms with E-state index in [-0.39, 0.29) is 0 Å². The van der Waals surface area contributed by atoms with E-state index in [4.69, 9.17) is 11.6 Å². The zero-order valence-corrected chi connectivity index (χ0v) is 15.9. The molecule has 2 aromatic rings. The molecular formula is C19H28ClN5. The summed E-state index contributed by atoms with van der Waals surface area (Å²) >= 11 is 6.19. The molecule has 1 aromatic carbocycles. The van der Waals surface area contributed by atoms with Gasteiger partial charge in [-0.2, -0.15) is 0 Å². The van der Waals surface area contributed by atoms with Gasteiger partial charge in [-0.25, -0.2) is 4.98 Å². The highest BCUT2D eigenvalue weighted by atomic mass is 35.5. The molecule has 0 amide bonds. The number of guanidine groups is 1. The Bertz CT molecular complexity index is 665. The van der Waals surface area contributed by atoms with E-state index in [1.165, 1.54) is 0 Å². The monoisotopic (exact) mass is 361 g/mol. The molecule has 6 heteroatoms. The lowest BCUT2D eigenvalue weighted by Gasteiger charge is -2.12. The van der Waals surface area contributed by atoms with E-state index >= 15 is 0 Å². The number of hydrogen-bond acceptors (Lipinski definition) is 2. The van der Waals surface area contributed by atoms with Crippen LogP contribution in [-0.2, 0) is 13.0 Å². The normalized spacial score (nSPS) is 11.6. The van der Waals surface area contributed by atoms with Crippen molar-refractivity contribution in [1.82, 2.24) is 20.2 Å². The number of aromatic nitrogens is 2. The molecule has 25 heavy (non-hydrogen) atoms. The summed E-state index contributed by atoms with van der Waals surface area (Å²) in [4.78, 5) is 8.88. The van der Waals surface area contributed by atoms with E-state index in [0.29, 0.717) is 0 Å². The summed E-state index contributed by atoms with van der Waals surface area (Å²) in [6.45, 7) is 7.58. The van der Waals surface area contributed by atoms with E-state index in [1.807, 2.05) is 37.5 Å². The molecule has 0 saturated heterocycles. The molecule has 0 aliphatic carbocycles. The average molecular weight is 362 g/mol. The van der Waals surface area contributed by atoms with Crippen molar-refractivity contribution in [1.29, 1.82) is 0 Å². The first-order valence-electron chi connectivity index (χ1n) is 8.94. The molecule has 0 unspecified atom stereocenters. The Morgan fingerprint density at radius 3 is 2.80 bits per heavy atom. The molecule has 0 saturated carbocycles. The molecule has 0 radical (unpaired) electrons. The van der Waals surface area contributed by atoms with Gasteiger partial charge in [0.1, 0.15) is 5.82 Å². The Morgan fingerprint density at radius 2 is 2.08 bits per heavy atom. The van der Waals surface area contributed by atoms with Crippen molar-refractivity contribution in [3.8, 4) is 0 Å². The lowest BCUT2D eigenvalue weighted by Crippen LogP contribution is -2.38. The minimum atomic E-state index is 0.809. The van der Waals surface area contributed by atoms with Crippen molar-refractivity contribution < 1.29 is 0 Å². The van der Waals surface area contributed by atoms with Crippen LogP contribution in [0.4, 0.5) is 0 Å². The zero-order valence-electron chi connectivity index (χ0n) is 15.1. The minimum Gasteiger partial charge on any atom is -0.357 e. The van der Waals surface area contributed by atoms with Crippen LogP contribution >= 0.6 is 11.6 Å². The number of imidazole rings is 1. The van der Waals surface area contributed by atoms with E-state index in [9.17, 15) is 0 Å². The van der Waals surface area contributed by atoms with Crippen LogP contribution in [0.2, 0.25) is 5.02 Å². The smallest absolute Gasteiger partial charge is 0.191 e. The number of hydrogen-bond donors (Lipinski definition) is 2. The van der Waals surface area contributed by atoms with Gasteiger partial charge in [0.05, 0.1) is 0 Å². The highest BCUT2D eigenvalue weighted by Gasteiger charge is 2.01. The number of nitrogens with one attached hydrogen (secondary N) is 2. The summed E-state index contributed by atoms with van der Waals surface area (Å²) in [5.41, 5.74) is 1.16. The summed E-state index contributed by atoms with van der Waals surface area (Å²) in [6, 6.07) is 7.96. The van der Waals surface area contributed by atoms with Crippen LogP contribution in [0.1, 0.15) is 31.2 Å². The van der Waals surface area contributed by atoms with Crippen LogP contribution in [0.15, 0.2) is 41.7 Å². The fourth-order valence-corrected chi connectivity index (χ4v) is 2.81. The van der Waals surface area contributed by atoms with Gasteiger partial charge in [0.15, 0.2) is 5.96 Å². The largest absolute Gasteiger partial charge is 0.357 e. The number of rotatable bonds is 9. The molecule has 2 N–H and O–H groups in total. The predicted molar refractivity (Wildman–Crippen MR) is 105 cm³/mol. The van der Waals surface area contributed by atoms with Gasteiger partial charge in [-0.3, -0.25) is 4.99 Å². The fourth-order valence-electron chi connectivity index (χ4n) is 2.58. The summed E-state index contributed by atoms with van der Waals surface area (Å²) in [7, 11) is 0. The Balaban J connectivity index is 1.70. The maximum Gasteiger partial charge on any atom is 0.191 e. The van der Waals surface area contributed by atoms with Gasteiger partial charge in [0.25, 0.3) is 0 Å². The Labute approximate surface area is 155 Å². The SMILES string of the molecule is CCNC(=NCCCCn1ccnc1C)NCCc1ccccc1Cl. The maximum absolute atomic E-state index is 6.19. The van der Waals surface area contributed by atoms with Crippen LogP contribution in [0.25, 0.3) is 0 Å². The van der Waals surface area contributed by atoms with Gasteiger partial charge < -0.3 is 15.2 Å². The van der Waals surface area contributed by atoms with Crippen LogP contribution in [-0.4, -0.2) is 35.1 Å². The first kappa shape index (κ1) is 19.3. The number of nitrogens with zero attached hydrogens (tertiary/aromatic N) is 3. The van der Waals surface area contributed by atoms with Gasteiger partial charge in [-0.05, 0) is 44.7 Å². The standard InChI is InChI=1S/C19H28ClN5/c1-3-21-19(24-12-10-17-8-4-5-9-18(17)20)23-11-6-7-14-25-15-13-22-16(25)2/h4-5,8-9,13,15H,3,6-7,10-12,14H2,1-2H3,(H2,21,23,24). The molecule has 1 aromatic heterocycles. The second-order valence-corrected chi connectivity index (χ2v) is 6.31. The molecule has 0 aliphatic rings. The third-order valence-electron chi connectivity index (χ3n) is 3.99. The molecule has 0 atom stereocenters. The van der Waals surface area contributed by atoms with Crippen molar-refractivity contribution in [3.63, 3.8) is 0 Å². The summed E-state index contributed by atoms with van der Waals surface area (Å²) in [6.07, 6.45) is 6.90. The molecule has 0 fully saturated rings. The number of aryl methyl sites for hydroxylation is 2. The highest BCUT2D eigenvalue weighted by Crippen LogP contribution is 2.14. The second kappa shape index (κ2) is 10.8. The van der Waals surface area contributed by atoms with Crippen LogP contribution < -0.4 is 10.6 Å². The van der Waals surface area contributed by atoms with E-state index in [2.05, 4.69) is 38.2 Å². The quantitative estimate of drug-likeness (QED) is 0.409. The highest BCUT2D eigenvalue weighted by molar-refractivity contribution is 6.31. The first-order chi connectivity index (χ1) is 12.2. The summed E-state index contributed by atoms with van der Waals surface area (Å²) in [5.74, 6) is 1.94. The Hall–Kier alpha value is -2.01. The van der Waals surface area contributed by atoms with Crippen molar-refractivity contribution in [2.45, 2.75) is 39.7 Å². The molecule has 0 aliphatic heterocycles.